The maximum Gasteiger partial charge on any atom is 0.212 e. The van der Waals surface area contributed by atoms with Crippen LogP contribution in [-0.2, 0) is 5.60 Å². The van der Waals surface area contributed by atoms with Gasteiger partial charge in [0.1, 0.15) is 0 Å². The van der Waals surface area contributed by atoms with Crippen LogP contribution in [0.3, 0.4) is 0 Å². The van der Waals surface area contributed by atoms with Crippen molar-refractivity contribution in [1.29, 1.82) is 0 Å². The summed E-state index contributed by atoms with van der Waals surface area (Å²) in [6.07, 6.45) is 6.35. The van der Waals surface area contributed by atoms with E-state index in [1.54, 1.807) is 6.07 Å². The SMILES string of the molecule is OC1(c2ccc(F)nc2)CC2CCCC(C1)N2. The molecular formula is C13H17FN2O. The van der Waals surface area contributed by atoms with Gasteiger partial charge in [-0.3, -0.25) is 0 Å². The molecule has 2 aliphatic rings. The van der Waals surface area contributed by atoms with Crippen LogP contribution >= 0.6 is 0 Å². The first-order valence-corrected chi connectivity index (χ1v) is 6.26. The van der Waals surface area contributed by atoms with Crippen LogP contribution in [0.5, 0.6) is 0 Å². The Labute approximate surface area is 100 Å². The first-order valence-electron chi connectivity index (χ1n) is 6.26. The molecule has 2 bridgehead atoms. The van der Waals surface area contributed by atoms with Crippen molar-refractivity contribution in [3.63, 3.8) is 0 Å². The molecule has 1 aromatic rings. The number of aromatic nitrogens is 1. The highest BCUT2D eigenvalue weighted by Crippen LogP contribution is 2.39. The van der Waals surface area contributed by atoms with E-state index in [9.17, 15) is 9.50 Å². The van der Waals surface area contributed by atoms with Gasteiger partial charge in [0.15, 0.2) is 0 Å². The normalized spacial score (nSPS) is 36.8. The predicted octanol–water partition coefficient (Wildman–Crippen LogP) is 1.71. The first-order chi connectivity index (χ1) is 8.16. The molecule has 2 aliphatic heterocycles. The smallest absolute Gasteiger partial charge is 0.212 e. The van der Waals surface area contributed by atoms with Crippen LogP contribution < -0.4 is 5.32 Å². The van der Waals surface area contributed by atoms with Gasteiger partial charge in [-0.2, -0.15) is 4.39 Å². The lowest BCUT2D eigenvalue weighted by molar-refractivity contribution is -0.0361. The summed E-state index contributed by atoms with van der Waals surface area (Å²) in [5, 5.41) is 14.3. The number of aliphatic hydroxyl groups is 1. The highest BCUT2D eigenvalue weighted by atomic mass is 19.1. The van der Waals surface area contributed by atoms with Crippen molar-refractivity contribution in [1.82, 2.24) is 10.3 Å². The highest BCUT2D eigenvalue weighted by molar-refractivity contribution is 5.21. The molecule has 2 fully saturated rings. The molecular weight excluding hydrogens is 219 g/mol. The number of nitrogens with one attached hydrogen (secondary N) is 1. The monoisotopic (exact) mass is 236 g/mol. The van der Waals surface area contributed by atoms with Crippen LogP contribution in [0.25, 0.3) is 0 Å². The van der Waals surface area contributed by atoms with Crippen molar-refractivity contribution in [3.05, 3.63) is 29.8 Å². The number of rotatable bonds is 1. The van der Waals surface area contributed by atoms with Crippen LogP contribution in [0, 0.1) is 5.95 Å². The summed E-state index contributed by atoms with van der Waals surface area (Å²) in [5.41, 5.74) is -0.0841. The van der Waals surface area contributed by atoms with E-state index >= 15 is 0 Å². The van der Waals surface area contributed by atoms with E-state index in [0.717, 1.165) is 18.4 Å². The molecule has 3 rings (SSSR count). The second kappa shape index (κ2) is 4.03. The zero-order valence-corrected chi connectivity index (χ0v) is 9.69. The van der Waals surface area contributed by atoms with E-state index in [-0.39, 0.29) is 0 Å². The average Bonchev–Trinajstić information content (AvgIpc) is 2.29. The molecule has 1 aromatic heterocycles. The fourth-order valence-electron chi connectivity index (χ4n) is 3.22. The number of pyridine rings is 1. The van der Waals surface area contributed by atoms with Crippen LogP contribution in [0.15, 0.2) is 18.3 Å². The summed E-state index contributed by atoms with van der Waals surface area (Å²) in [6, 6.07) is 3.75. The lowest BCUT2D eigenvalue weighted by Gasteiger charge is -2.45. The Morgan fingerprint density at radius 3 is 2.59 bits per heavy atom. The van der Waals surface area contributed by atoms with Crippen molar-refractivity contribution in [2.24, 2.45) is 0 Å². The quantitative estimate of drug-likeness (QED) is 0.730. The van der Waals surface area contributed by atoms with Crippen molar-refractivity contribution in [2.75, 3.05) is 0 Å². The lowest BCUT2D eigenvalue weighted by atomic mass is 9.74. The number of fused-ring (bicyclic) bond motifs is 2. The van der Waals surface area contributed by atoms with Crippen LogP contribution in [0.2, 0.25) is 0 Å². The molecule has 2 atom stereocenters. The lowest BCUT2D eigenvalue weighted by Crippen LogP contribution is -2.54. The minimum atomic E-state index is -0.832. The third kappa shape index (κ3) is 2.07. The maximum absolute atomic E-state index is 12.8. The van der Waals surface area contributed by atoms with E-state index in [4.69, 9.17) is 0 Å². The Kier molecular flexibility index (Phi) is 2.64. The summed E-state index contributed by atoms with van der Waals surface area (Å²) < 4.78 is 12.8. The van der Waals surface area contributed by atoms with Gasteiger partial charge in [0, 0.05) is 23.8 Å². The Balaban J connectivity index is 1.87. The minimum absolute atomic E-state index is 0.387. The molecule has 0 radical (unpaired) electrons. The van der Waals surface area contributed by atoms with Crippen molar-refractivity contribution >= 4 is 0 Å². The van der Waals surface area contributed by atoms with Gasteiger partial charge >= 0.3 is 0 Å². The predicted molar refractivity (Wildman–Crippen MR) is 61.9 cm³/mol. The molecule has 0 aromatic carbocycles. The molecule has 92 valence electrons. The minimum Gasteiger partial charge on any atom is -0.385 e. The third-order valence-corrected chi connectivity index (χ3v) is 4.01. The Hall–Kier alpha value is -1.00. The van der Waals surface area contributed by atoms with E-state index in [0.29, 0.717) is 24.9 Å². The first kappa shape index (κ1) is 11.1. The van der Waals surface area contributed by atoms with Gasteiger partial charge in [0.2, 0.25) is 5.95 Å². The van der Waals surface area contributed by atoms with Gasteiger partial charge in [-0.25, -0.2) is 4.98 Å². The molecule has 0 amide bonds. The number of piperidine rings is 2. The van der Waals surface area contributed by atoms with Gasteiger partial charge in [0.05, 0.1) is 5.60 Å². The second-order valence-electron chi connectivity index (χ2n) is 5.30. The largest absolute Gasteiger partial charge is 0.385 e. The Morgan fingerprint density at radius 1 is 1.29 bits per heavy atom. The molecule has 4 heteroatoms. The molecule has 3 nitrogen and oxygen atoms in total. The van der Waals surface area contributed by atoms with Gasteiger partial charge < -0.3 is 10.4 Å². The Bertz CT molecular complexity index is 394. The summed E-state index contributed by atoms with van der Waals surface area (Å²) >= 11 is 0. The topological polar surface area (TPSA) is 45.2 Å². The molecule has 17 heavy (non-hydrogen) atoms. The molecule has 2 unspecified atom stereocenters. The van der Waals surface area contributed by atoms with Crippen molar-refractivity contribution < 1.29 is 9.50 Å². The highest BCUT2D eigenvalue weighted by Gasteiger charge is 2.41. The Morgan fingerprint density at radius 2 is 2.00 bits per heavy atom. The van der Waals surface area contributed by atoms with Crippen LogP contribution in [-0.4, -0.2) is 22.2 Å². The molecule has 3 heterocycles. The molecule has 2 saturated heterocycles. The molecule has 0 spiro atoms. The van der Waals surface area contributed by atoms with Crippen LogP contribution in [0.4, 0.5) is 4.39 Å². The average molecular weight is 236 g/mol. The zero-order valence-electron chi connectivity index (χ0n) is 9.69. The molecule has 0 aliphatic carbocycles. The van der Waals surface area contributed by atoms with E-state index in [1.165, 1.54) is 18.7 Å². The van der Waals surface area contributed by atoms with Gasteiger partial charge in [-0.1, -0.05) is 12.5 Å². The summed E-state index contributed by atoms with van der Waals surface area (Å²) in [5.74, 6) is -0.494. The molecule has 2 N–H and O–H groups in total. The van der Waals surface area contributed by atoms with E-state index in [1.807, 2.05) is 0 Å². The van der Waals surface area contributed by atoms with Gasteiger partial charge in [0.25, 0.3) is 0 Å². The number of nitrogens with zero attached hydrogens (tertiary/aromatic N) is 1. The maximum atomic E-state index is 12.8. The fourth-order valence-corrected chi connectivity index (χ4v) is 3.22. The van der Waals surface area contributed by atoms with E-state index in [2.05, 4.69) is 10.3 Å². The van der Waals surface area contributed by atoms with Gasteiger partial charge in [-0.15, -0.1) is 0 Å². The zero-order chi connectivity index (χ0) is 11.9. The van der Waals surface area contributed by atoms with E-state index < -0.39 is 11.5 Å². The van der Waals surface area contributed by atoms with Crippen LogP contribution in [0.1, 0.15) is 37.7 Å². The van der Waals surface area contributed by atoms with Crippen molar-refractivity contribution in [2.45, 2.75) is 49.8 Å². The number of hydrogen-bond acceptors (Lipinski definition) is 3. The number of hydrogen-bond donors (Lipinski definition) is 2. The summed E-state index contributed by atoms with van der Waals surface area (Å²) in [7, 11) is 0. The molecule has 0 saturated carbocycles. The van der Waals surface area contributed by atoms with Crippen molar-refractivity contribution in [3.8, 4) is 0 Å². The summed E-state index contributed by atoms with van der Waals surface area (Å²) in [4.78, 5) is 3.65. The second-order valence-corrected chi connectivity index (χ2v) is 5.30. The van der Waals surface area contributed by atoms with Gasteiger partial charge in [-0.05, 0) is 31.7 Å². The fraction of sp³-hybridized carbons (Fsp3) is 0.615. The third-order valence-electron chi connectivity index (χ3n) is 4.01. The number of halogens is 1. The summed E-state index contributed by atoms with van der Waals surface area (Å²) in [6.45, 7) is 0. The standard InChI is InChI=1S/C13H17FN2O/c14-12-5-4-9(8-15-12)13(17)6-10-2-1-3-11(7-13)16-10/h4-5,8,10-11,16-17H,1-3,6-7H2.